The van der Waals surface area contributed by atoms with Crippen LogP contribution in [-0.2, 0) is 0 Å². The number of aromatic amines is 2. The average Bonchev–Trinajstić information content (AvgIpc) is 3.52. The number of nitrogens with zero attached hydrogens (tertiary/aromatic N) is 4. The summed E-state index contributed by atoms with van der Waals surface area (Å²) in [4.78, 5) is 16.5. The van der Waals surface area contributed by atoms with Gasteiger partial charge < -0.3 is 4.98 Å². The average molecular weight is 412 g/mol. The summed E-state index contributed by atoms with van der Waals surface area (Å²) >= 11 is 1.63. The zero-order valence-corrected chi connectivity index (χ0v) is 16.2. The Bertz CT molecular complexity index is 1500. The molecule has 0 spiro atoms. The first-order valence-electron chi connectivity index (χ1n) is 9.23. The highest BCUT2D eigenvalue weighted by Crippen LogP contribution is 2.33. The van der Waals surface area contributed by atoms with E-state index in [0.717, 1.165) is 27.8 Å². The zero-order chi connectivity index (χ0) is 20.1. The molecule has 0 saturated heterocycles. The van der Waals surface area contributed by atoms with Crippen LogP contribution in [0.2, 0.25) is 0 Å². The van der Waals surface area contributed by atoms with E-state index in [1.54, 1.807) is 29.9 Å². The van der Waals surface area contributed by atoms with Crippen LogP contribution in [0.5, 0.6) is 0 Å². The van der Waals surface area contributed by atoms with Crippen molar-refractivity contribution >= 4 is 33.4 Å². The Kier molecular flexibility index (Phi) is 3.72. The maximum Gasteiger partial charge on any atom is 0.178 e. The molecular weight excluding hydrogens is 399 g/mol. The molecule has 0 aliphatic carbocycles. The van der Waals surface area contributed by atoms with Crippen molar-refractivity contribution in [2.45, 2.75) is 0 Å². The third kappa shape index (κ3) is 2.61. The van der Waals surface area contributed by atoms with Gasteiger partial charge >= 0.3 is 0 Å². The Morgan fingerprint density at radius 2 is 1.97 bits per heavy atom. The van der Waals surface area contributed by atoms with Crippen LogP contribution in [0.15, 0.2) is 65.7 Å². The molecule has 2 N–H and O–H groups in total. The Labute approximate surface area is 173 Å². The van der Waals surface area contributed by atoms with Gasteiger partial charge in [-0.3, -0.25) is 10.1 Å². The van der Waals surface area contributed by atoms with Crippen molar-refractivity contribution < 1.29 is 4.39 Å². The molecule has 8 heteroatoms. The van der Waals surface area contributed by atoms with Gasteiger partial charge in [-0.2, -0.15) is 16.4 Å². The number of halogens is 1. The number of thiophene rings is 1. The summed E-state index contributed by atoms with van der Waals surface area (Å²) in [5.74, 6) is 0.160. The summed E-state index contributed by atoms with van der Waals surface area (Å²) in [6, 6.07) is 11.1. The summed E-state index contributed by atoms with van der Waals surface area (Å²) < 4.78 is 14.8. The molecule has 0 aliphatic heterocycles. The minimum absolute atomic E-state index is 0.268. The molecule has 5 aromatic heterocycles. The molecule has 0 radical (unpaired) electrons. The molecule has 0 fully saturated rings. The van der Waals surface area contributed by atoms with Crippen LogP contribution in [0.3, 0.4) is 0 Å². The lowest BCUT2D eigenvalue weighted by Crippen LogP contribution is -1.85. The molecule has 0 amide bonds. The van der Waals surface area contributed by atoms with Crippen molar-refractivity contribution in [1.82, 2.24) is 30.1 Å². The minimum atomic E-state index is -0.401. The van der Waals surface area contributed by atoms with Gasteiger partial charge in [-0.1, -0.05) is 6.07 Å². The van der Waals surface area contributed by atoms with E-state index in [1.807, 2.05) is 29.6 Å². The standard InChI is InChI=1S/C22H13FN6S/c23-17-9-14(12-2-1-5-24-10-12)8-16-18(17)28-29-20(16)22-26-19-15(13-4-7-30-11-13)3-6-25-21(19)27-22/h1-11H,(H,28,29)(H,25,26,27). The Balaban J connectivity index is 1.56. The van der Waals surface area contributed by atoms with Crippen molar-refractivity contribution in [3.8, 4) is 33.8 Å². The highest BCUT2D eigenvalue weighted by Gasteiger charge is 2.18. The molecule has 0 unspecified atom stereocenters. The molecule has 0 bridgehead atoms. The highest BCUT2D eigenvalue weighted by atomic mass is 32.1. The van der Waals surface area contributed by atoms with Crippen LogP contribution in [0.4, 0.5) is 4.39 Å². The van der Waals surface area contributed by atoms with Gasteiger partial charge in [-0.15, -0.1) is 0 Å². The van der Waals surface area contributed by atoms with Gasteiger partial charge in [0.2, 0.25) is 0 Å². The van der Waals surface area contributed by atoms with Gasteiger partial charge in [0.25, 0.3) is 0 Å². The van der Waals surface area contributed by atoms with Gasteiger partial charge in [0, 0.05) is 35.1 Å². The predicted molar refractivity (Wildman–Crippen MR) is 115 cm³/mol. The second-order valence-electron chi connectivity index (χ2n) is 6.85. The fraction of sp³-hybridized carbons (Fsp3) is 0. The van der Waals surface area contributed by atoms with Crippen LogP contribution in [-0.4, -0.2) is 30.1 Å². The van der Waals surface area contributed by atoms with Gasteiger partial charge in [0.1, 0.15) is 11.2 Å². The molecule has 6 rings (SSSR count). The van der Waals surface area contributed by atoms with E-state index in [9.17, 15) is 4.39 Å². The van der Waals surface area contributed by atoms with Crippen LogP contribution in [0.25, 0.3) is 55.8 Å². The van der Waals surface area contributed by atoms with Gasteiger partial charge in [0.05, 0.1) is 5.52 Å². The molecule has 0 saturated carbocycles. The number of imidazole rings is 1. The maximum atomic E-state index is 14.8. The molecule has 6 nitrogen and oxygen atoms in total. The molecule has 144 valence electrons. The van der Waals surface area contributed by atoms with E-state index in [4.69, 9.17) is 0 Å². The van der Waals surface area contributed by atoms with Crippen LogP contribution >= 0.6 is 11.3 Å². The maximum absolute atomic E-state index is 14.8. The second-order valence-corrected chi connectivity index (χ2v) is 7.63. The van der Waals surface area contributed by atoms with Crippen molar-refractivity contribution in [2.24, 2.45) is 0 Å². The number of H-pyrrole nitrogens is 2. The second kappa shape index (κ2) is 6.57. The zero-order valence-electron chi connectivity index (χ0n) is 15.4. The fourth-order valence-corrected chi connectivity index (χ4v) is 4.30. The van der Waals surface area contributed by atoms with Gasteiger partial charge in [0.15, 0.2) is 17.3 Å². The summed E-state index contributed by atoms with van der Waals surface area (Å²) in [6.45, 7) is 0. The third-order valence-electron chi connectivity index (χ3n) is 5.07. The number of hydrogen-bond acceptors (Lipinski definition) is 5. The quantitative estimate of drug-likeness (QED) is 0.406. The molecule has 0 atom stereocenters. The monoisotopic (exact) mass is 412 g/mol. The first kappa shape index (κ1) is 17.0. The number of pyridine rings is 2. The van der Waals surface area contributed by atoms with E-state index in [-0.39, 0.29) is 5.52 Å². The Morgan fingerprint density at radius 3 is 2.80 bits per heavy atom. The van der Waals surface area contributed by atoms with E-state index in [0.29, 0.717) is 22.6 Å². The van der Waals surface area contributed by atoms with Gasteiger partial charge in [-0.05, 0) is 52.2 Å². The number of benzene rings is 1. The highest BCUT2D eigenvalue weighted by molar-refractivity contribution is 7.08. The van der Waals surface area contributed by atoms with E-state index in [2.05, 4.69) is 41.6 Å². The number of rotatable bonds is 3. The summed E-state index contributed by atoms with van der Waals surface area (Å²) in [5, 5.41) is 11.9. The van der Waals surface area contributed by atoms with Crippen molar-refractivity contribution in [3.05, 3.63) is 71.6 Å². The van der Waals surface area contributed by atoms with Crippen molar-refractivity contribution in [3.63, 3.8) is 0 Å². The molecule has 1 aromatic carbocycles. The lowest BCUT2D eigenvalue weighted by atomic mass is 10.0. The first-order valence-corrected chi connectivity index (χ1v) is 10.2. The number of hydrogen-bond donors (Lipinski definition) is 2. The summed E-state index contributed by atoms with van der Waals surface area (Å²) in [7, 11) is 0. The van der Waals surface area contributed by atoms with Crippen molar-refractivity contribution in [1.29, 1.82) is 0 Å². The SMILES string of the molecule is Fc1cc(-c2cccnc2)cc2c(-c3nc4nccc(-c5ccsc5)c4[nH]3)[nH]nc12. The van der Waals surface area contributed by atoms with E-state index < -0.39 is 5.82 Å². The van der Waals surface area contributed by atoms with Crippen LogP contribution < -0.4 is 0 Å². The van der Waals surface area contributed by atoms with Crippen LogP contribution in [0, 0.1) is 5.82 Å². The molecular formula is C22H13FN6S. The fourth-order valence-electron chi connectivity index (χ4n) is 3.64. The molecule has 6 aromatic rings. The largest absolute Gasteiger partial charge is 0.335 e. The number of fused-ring (bicyclic) bond motifs is 2. The smallest absolute Gasteiger partial charge is 0.178 e. The van der Waals surface area contributed by atoms with Crippen molar-refractivity contribution in [2.75, 3.05) is 0 Å². The molecule has 0 aliphatic rings. The number of nitrogens with one attached hydrogen (secondary N) is 2. The van der Waals surface area contributed by atoms with Gasteiger partial charge in [-0.25, -0.2) is 14.4 Å². The van der Waals surface area contributed by atoms with E-state index in [1.165, 1.54) is 6.07 Å². The third-order valence-corrected chi connectivity index (χ3v) is 5.75. The minimum Gasteiger partial charge on any atom is -0.335 e. The number of aromatic nitrogens is 6. The topological polar surface area (TPSA) is 83.1 Å². The first-order chi connectivity index (χ1) is 14.8. The van der Waals surface area contributed by atoms with E-state index >= 15 is 0 Å². The normalized spacial score (nSPS) is 11.5. The summed E-state index contributed by atoms with van der Waals surface area (Å²) in [5.41, 5.74) is 5.99. The molecule has 30 heavy (non-hydrogen) atoms. The summed E-state index contributed by atoms with van der Waals surface area (Å²) in [6.07, 6.45) is 5.14. The molecule has 5 heterocycles. The lowest BCUT2D eigenvalue weighted by molar-refractivity contribution is 0.636. The Hall–Kier alpha value is -3.91. The Morgan fingerprint density at radius 1 is 1.00 bits per heavy atom. The lowest BCUT2D eigenvalue weighted by Gasteiger charge is -2.02. The predicted octanol–water partition coefficient (Wildman–Crippen LogP) is 5.43. The van der Waals surface area contributed by atoms with Crippen LogP contribution in [0.1, 0.15) is 0 Å².